The number of alkyl carbamates (subject to hydrolysis) is 1. The summed E-state index contributed by atoms with van der Waals surface area (Å²) in [6, 6.07) is 0.570. The maximum atomic E-state index is 12.0. The minimum atomic E-state index is -0.454. The molecule has 1 fully saturated rings. The van der Waals surface area contributed by atoms with E-state index in [4.69, 9.17) is 4.74 Å². The summed E-state index contributed by atoms with van der Waals surface area (Å²) in [6.07, 6.45) is 3.44. The van der Waals surface area contributed by atoms with Crippen molar-refractivity contribution in [3.8, 4) is 0 Å². The van der Waals surface area contributed by atoms with Gasteiger partial charge in [-0.05, 0) is 46.5 Å². The molecule has 0 aliphatic heterocycles. The molecule has 106 valence electrons. The van der Waals surface area contributed by atoms with Crippen LogP contribution < -0.4 is 10.6 Å². The molecule has 1 rings (SSSR count). The van der Waals surface area contributed by atoms with Crippen molar-refractivity contribution >= 4 is 6.09 Å². The molecular weight excluding hydrogens is 235 g/mol. The lowest BCUT2D eigenvalue weighted by molar-refractivity contribution is 0.0490. The highest BCUT2D eigenvalue weighted by Gasteiger charge is 2.24. The average Bonchev–Trinajstić information content (AvgIpc) is 2.25. The van der Waals surface area contributed by atoms with Crippen LogP contribution in [0.2, 0.25) is 0 Å². The number of carbonyl (C=O) groups excluding carboxylic acids is 1. The summed E-state index contributed by atoms with van der Waals surface area (Å²) >= 11 is 0. The first kappa shape index (κ1) is 15.2. The third-order valence-corrected chi connectivity index (χ3v) is 2.98. The predicted molar refractivity (Wildman–Crippen MR) is 69.4 cm³/mol. The zero-order valence-corrected chi connectivity index (χ0v) is 11.6. The summed E-state index contributed by atoms with van der Waals surface area (Å²) in [5, 5.41) is 6.05. The van der Waals surface area contributed by atoms with E-state index in [2.05, 4.69) is 10.6 Å². The Morgan fingerprint density at radius 1 is 1.22 bits per heavy atom. The lowest BCUT2D eigenvalue weighted by atomic mass is 9.91. The third-order valence-electron chi connectivity index (χ3n) is 2.98. The van der Waals surface area contributed by atoms with Crippen LogP contribution in [-0.4, -0.2) is 37.0 Å². The highest BCUT2D eigenvalue weighted by Crippen LogP contribution is 2.19. The number of hydrogen-bond acceptors (Lipinski definition) is 3. The molecular formula is C13H25FN2O2. The molecule has 0 aromatic carbocycles. The normalized spacial score (nSPS) is 24.7. The second-order valence-electron chi connectivity index (χ2n) is 5.84. The molecule has 0 radical (unpaired) electrons. The minimum Gasteiger partial charge on any atom is -0.444 e. The Balaban J connectivity index is 2.21. The van der Waals surface area contributed by atoms with Gasteiger partial charge in [0.15, 0.2) is 0 Å². The summed E-state index contributed by atoms with van der Waals surface area (Å²) in [5.74, 6) is 0. The summed E-state index contributed by atoms with van der Waals surface area (Å²) in [5.41, 5.74) is -0.454. The van der Waals surface area contributed by atoms with Gasteiger partial charge in [-0.25, -0.2) is 9.18 Å². The van der Waals surface area contributed by atoms with E-state index >= 15 is 0 Å². The summed E-state index contributed by atoms with van der Waals surface area (Å²) in [6.45, 7) is 5.66. The molecule has 1 saturated carbocycles. The van der Waals surface area contributed by atoms with Crippen molar-refractivity contribution in [3.63, 3.8) is 0 Å². The molecule has 2 N–H and O–H groups in total. The van der Waals surface area contributed by atoms with Crippen LogP contribution in [0.4, 0.5) is 9.18 Å². The van der Waals surface area contributed by atoms with E-state index in [1.807, 2.05) is 20.8 Å². The Bertz CT molecular complexity index is 258. The molecule has 0 aromatic rings. The first-order chi connectivity index (χ1) is 8.40. The molecule has 0 heterocycles. The number of hydrogen-bond donors (Lipinski definition) is 2. The van der Waals surface area contributed by atoms with Crippen molar-refractivity contribution in [1.29, 1.82) is 0 Å². The van der Waals surface area contributed by atoms with Gasteiger partial charge in [-0.15, -0.1) is 0 Å². The molecule has 0 aromatic heterocycles. The van der Waals surface area contributed by atoms with E-state index in [-0.39, 0.29) is 18.8 Å². The van der Waals surface area contributed by atoms with Crippen LogP contribution in [0.5, 0.6) is 0 Å². The second-order valence-corrected chi connectivity index (χ2v) is 5.84. The average molecular weight is 260 g/mol. The monoisotopic (exact) mass is 260 g/mol. The first-order valence-corrected chi connectivity index (χ1v) is 6.69. The molecule has 0 unspecified atom stereocenters. The van der Waals surface area contributed by atoms with Crippen molar-refractivity contribution in [3.05, 3.63) is 0 Å². The SMILES string of the molecule is CC(C)(C)OC(=O)N[C@H]1CC[C@H](NCCF)CC1. The fraction of sp³-hybridized carbons (Fsp3) is 0.923. The lowest BCUT2D eigenvalue weighted by Gasteiger charge is -2.30. The van der Waals surface area contributed by atoms with Crippen LogP contribution in [0.1, 0.15) is 46.5 Å². The van der Waals surface area contributed by atoms with E-state index in [0.717, 1.165) is 25.7 Å². The van der Waals surface area contributed by atoms with Crippen molar-refractivity contribution in [2.24, 2.45) is 0 Å². The molecule has 0 atom stereocenters. The van der Waals surface area contributed by atoms with Gasteiger partial charge in [-0.2, -0.15) is 0 Å². The molecule has 1 aliphatic rings. The van der Waals surface area contributed by atoms with Gasteiger partial charge in [0.05, 0.1) is 0 Å². The van der Waals surface area contributed by atoms with Crippen molar-refractivity contribution in [2.75, 3.05) is 13.2 Å². The van der Waals surface area contributed by atoms with E-state index in [1.165, 1.54) is 0 Å². The van der Waals surface area contributed by atoms with E-state index in [0.29, 0.717) is 12.6 Å². The minimum absolute atomic E-state index is 0.184. The first-order valence-electron chi connectivity index (χ1n) is 6.69. The van der Waals surface area contributed by atoms with Gasteiger partial charge in [-0.3, -0.25) is 0 Å². The zero-order chi connectivity index (χ0) is 13.6. The zero-order valence-electron chi connectivity index (χ0n) is 11.6. The lowest BCUT2D eigenvalue weighted by Crippen LogP contribution is -2.44. The molecule has 18 heavy (non-hydrogen) atoms. The van der Waals surface area contributed by atoms with Crippen LogP contribution in [0.3, 0.4) is 0 Å². The Morgan fingerprint density at radius 3 is 2.28 bits per heavy atom. The van der Waals surface area contributed by atoms with Crippen molar-refractivity contribution in [1.82, 2.24) is 10.6 Å². The highest BCUT2D eigenvalue weighted by atomic mass is 19.1. The molecule has 1 amide bonds. The number of rotatable bonds is 4. The summed E-state index contributed by atoms with van der Waals surface area (Å²) in [7, 11) is 0. The second kappa shape index (κ2) is 6.92. The van der Waals surface area contributed by atoms with Gasteiger partial charge in [0.2, 0.25) is 0 Å². The van der Waals surface area contributed by atoms with Crippen LogP contribution >= 0.6 is 0 Å². The van der Waals surface area contributed by atoms with Crippen LogP contribution in [0.25, 0.3) is 0 Å². The van der Waals surface area contributed by atoms with E-state index in [1.54, 1.807) is 0 Å². The molecule has 4 nitrogen and oxygen atoms in total. The molecule has 0 spiro atoms. The van der Waals surface area contributed by atoms with Crippen LogP contribution in [0, 0.1) is 0 Å². The van der Waals surface area contributed by atoms with Gasteiger partial charge in [0, 0.05) is 18.6 Å². The standard InChI is InChI=1S/C13H25FN2O2/c1-13(2,3)18-12(17)16-11-6-4-10(5-7-11)15-9-8-14/h10-11,15H,4-9H2,1-3H3,(H,16,17)/t10-,11-. The largest absolute Gasteiger partial charge is 0.444 e. The van der Waals surface area contributed by atoms with Crippen LogP contribution in [0.15, 0.2) is 0 Å². The summed E-state index contributed by atoms with van der Waals surface area (Å²) < 4.78 is 17.2. The maximum Gasteiger partial charge on any atom is 0.407 e. The molecule has 0 bridgehead atoms. The Morgan fingerprint density at radius 2 is 1.78 bits per heavy atom. The van der Waals surface area contributed by atoms with Crippen molar-refractivity contribution in [2.45, 2.75) is 64.1 Å². The number of nitrogens with one attached hydrogen (secondary N) is 2. The molecule has 1 aliphatic carbocycles. The molecule has 0 saturated heterocycles. The number of alkyl halides is 1. The van der Waals surface area contributed by atoms with Gasteiger partial charge >= 0.3 is 6.09 Å². The van der Waals surface area contributed by atoms with Crippen molar-refractivity contribution < 1.29 is 13.9 Å². The topological polar surface area (TPSA) is 50.4 Å². The molecule has 5 heteroatoms. The number of carbonyl (C=O) groups is 1. The van der Waals surface area contributed by atoms with E-state index in [9.17, 15) is 9.18 Å². The number of ether oxygens (including phenoxy) is 1. The van der Waals surface area contributed by atoms with Gasteiger partial charge in [-0.1, -0.05) is 0 Å². The number of amides is 1. The van der Waals surface area contributed by atoms with E-state index < -0.39 is 5.60 Å². The predicted octanol–water partition coefficient (Wildman–Crippen LogP) is 2.38. The Labute approximate surface area is 109 Å². The highest BCUT2D eigenvalue weighted by molar-refractivity contribution is 5.68. The van der Waals surface area contributed by atoms with Gasteiger partial charge in [0.1, 0.15) is 12.3 Å². The van der Waals surface area contributed by atoms with Crippen LogP contribution in [-0.2, 0) is 4.74 Å². The van der Waals surface area contributed by atoms with Gasteiger partial charge < -0.3 is 15.4 Å². The summed E-state index contributed by atoms with van der Waals surface area (Å²) in [4.78, 5) is 11.6. The number of halogens is 1. The fourth-order valence-corrected chi connectivity index (χ4v) is 2.17. The third kappa shape index (κ3) is 6.19. The quantitative estimate of drug-likeness (QED) is 0.816. The maximum absolute atomic E-state index is 12.0. The fourth-order valence-electron chi connectivity index (χ4n) is 2.17. The Kier molecular flexibility index (Phi) is 5.85. The van der Waals surface area contributed by atoms with Gasteiger partial charge in [0.25, 0.3) is 0 Å². The smallest absolute Gasteiger partial charge is 0.407 e. The Hall–Kier alpha value is -0.840.